The summed E-state index contributed by atoms with van der Waals surface area (Å²) in [6.07, 6.45) is 3.07. The van der Waals surface area contributed by atoms with E-state index in [0.717, 1.165) is 51.5 Å². The van der Waals surface area contributed by atoms with Gasteiger partial charge in [-0.25, -0.2) is 0 Å². The number of guanidine groups is 1. The third-order valence-electron chi connectivity index (χ3n) is 3.08. The minimum atomic E-state index is 0.243. The van der Waals surface area contributed by atoms with Gasteiger partial charge in [-0.05, 0) is 31.6 Å². The van der Waals surface area contributed by atoms with Crippen LogP contribution >= 0.6 is 0 Å². The fourth-order valence-electron chi connectivity index (χ4n) is 2.04. The number of rotatable bonds is 12. The number of hydrogen-bond acceptors (Lipinski definition) is 3. The second-order valence-corrected chi connectivity index (χ2v) is 5.78. The first-order chi connectivity index (χ1) is 10.1. The Morgan fingerprint density at radius 2 is 1.95 bits per heavy atom. The Morgan fingerprint density at radius 1 is 1.19 bits per heavy atom. The molecule has 126 valence electrons. The van der Waals surface area contributed by atoms with Crippen molar-refractivity contribution in [3.63, 3.8) is 0 Å². The number of aliphatic hydroxyl groups excluding tert-OH is 1. The van der Waals surface area contributed by atoms with Gasteiger partial charge in [0.05, 0.1) is 6.61 Å². The van der Waals surface area contributed by atoms with Gasteiger partial charge in [0.15, 0.2) is 5.96 Å². The van der Waals surface area contributed by atoms with Gasteiger partial charge in [-0.15, -0.1) is 0 Å². The predicted molar refractivity (Wildman–Crippen MR) is 89.7 cm³/mol. The van der Waals surface area contributed by atoms with Crippen molar-refractivity contribution in [2.45, 2.75) is 47.0 Å². The van der Waals surface area contributed by atoms with Gasteiger partial charge in [-0.2, -0.15) is 0 Å². The van der Waals surface area contributed by atoms with E-state index in [2.05, 4.69) is 43.3 Å². The van der Waals surface area contributed by atoms with Gasteiger partial charge in [0.1, 0.15) is 0 Å². The van der Waals surface area contributed by atoms with Gasteiger partial charge in [0.2, 0.25) is 0 Å². The summed E-state index contributed by atoms with van der Waals surface area (Å²) in [7, 11) is 0. The first-order valence-electron chi connectivity index (χ1n) is 8.34. The molecule has 5 nitrogen and oxygen atoms in total. The number of nitrogens with one attached hydrogen (secondary N) is 2. The Kier molecular flexibility index (Phi) is 13.6. The summed E-state index contributed by atoms with van der Waals surface area (Å²) < 4.78 is 5.55. The van der Waals surface area contributed by atoms with Gasteiger partial charge in [0, 0.05) is 32.8 Å². The predicted octanol–water partition coefficient (Wildman–Crippen LogP) is 2.01. The highest BCUT2D eigenvalue weighted by molar-refractivity contribution is 5.79. The maximum atomic E-state index is 9.08. The lowest BCUT2D eigenvalue weighted by Crippen LogP contribution is -2.39. The van der Waals surface area contributed by atoms with Crippen molar-refractivity contribution in [3.05, 3.63) is 0 Å². The lowest BCUT2D eigenvalue weighted by Gasteiger charge is -2.15. The van der Waals surface area contributed by atoms with Crippen molar-refractivity contribution in [3.8, 4) is 0 Å². The third kappa shape index (κ3) is 12.6. The van der Waals surface area contributed by atoms with Crippen LogP contribution in [0.15, 0.2) is 4.99 Å². The van der Waals surface area contributed by atoms with Crippen LogP contribution in [0.5, 0.6) is 0 Å². The molecule has 5 heteroatoms. The van der Waals surface area contributed by atoms with E-state index in [4.69, 9.17) is 9.84 Å². The molecule has 1 unspecified atom stereocenters. The summed E-state index contributed by atoms with van der Waals surface area (Å²) in [4.78, 5) is 4.61. The van der Waals surface area contributed by atoms with Crippen molar-refractivity contribution in [1.29, 1.82) is 0 Å². The van der Waals surface area contributed by atoms with Crippen LogP contribution in [0.4, 0.5) is 0 Å². The van der Waals surface area contributed by atoms with Gasteiger partial charge in [-0.1, -0.05) is 27.2 Å². The van der Waals surface area contributed by atoms with Crippen molar-refractivity contribution >= 4 is 5.96 Å². The average Bonchev–Trinajstić information content (AvgIpc) is 2.44. The van der Waals surface area contributed by atoms with Gasteiger partial charge >= 0.3 is 0 Å². The molecule has 0 radical (unpaired) electrons. The largest absolute Gasteiger partial charge is 0.396 e. The minimum absolute atomic E-state index is 0.243. The van der Waals surface area contributed by atoms with Crippen molar-refractivity contribution in [2.24, 2.45) is 16.8 Å². The summed E-state index contributed by atoms with van der Waals surface area (Å²) in [6, 6.07) is 0. The van der Waals surface area contributed by atoms with E-state index in [1.165, 1.54) is 0 Å². The molecule has 0 saturated carbocycles. The van der Waals surface area contributed by atoms with Crippen LogP contribution in [0.2, 0.25) is 0 Å². The third-order valence-corrected chi connectivity index (χ3v) is 3.08. The monoisotopic (exact) mass is 301 g/mol. The molecule has 0 fully saturated rings. The number of aliphatic imine (C=N–C) groups is 1. The molecule has 0 saturated heterocycles. The Balaban J connectivity index is 4.09. The number of nitrogens with zero attached hydrogens (tertiary/aromatic N) is 1. The molecule has 0 aromatic heterocycles. The topological polar surface area (TPSA) is 65.9 Å². The molecule has 0 aliphatic rings. The zero-order valence-corrected chi connectivity index (χ0v) is 14.3. The number of ether oxygens (including phenoxy) is 1. The van der Waals surface area contributed by atoms with Crippen LogP contribution in [-0.2, 0) is 4.74 Å². The summed E-state index contributed by atoms with van der Waals surface area (Å²) >= 11 is 0. The van der Waals surface area contributed by atoms with Gasteiger partial charge in [-0.3, -0.25) is 4.99 Å². The van der Waals surface area contributed by atoms with E-state index in [0.29, 0.717) is 18.4 Å². The highest BCUT2D eigenvalue weighted by Gasteiger charge is 2.07. The molecule has 1 atom stereocenters. The number of hydrogen-bond donors (Lipinski definition) is 3. The molecule has 0 aliphatic heterocycles. The summed E-state index contributed by atoms with van der Waals surface area (Å²) in [5, 5.41) is 15.6. The standard InChI is InChI=1S/C16H35N3O2/c1-5-7-15(8-10-20)12-19-16(17-6-2)18-9-11-21-13-14(3)4/h14-15,20H,5-13H2,1-4H3,(H2,17,18,19). The van der Waals surface area contributed by atoms with Crippen LogP contribution in [0.25, 0.3) is 0 Å². The molecular formula is C16H35N3O2. The van der Waals surface area contributed by atoms with E-state index in [1.54, 1.807) is 0 Å². The van der Waals surface area contributed by atoms with E-state index < -0.39 is 0 Å². The molecule has 0 aliphatic carbocycles. The molecule has 3 N–H and O–H groups in total. The van der Waals surface area contributed by atoms with Gasteiger partial charge in [0.25, 0.3) is 0 Å². The second-order valence-electron chi connectivity index (χ2n) is 5.78. The maximum absolute atomic E-state index is 9.08. The lowest BCUT2D eigenvalue weighted by atomic mass is 10.0. The SMILES string of the molecule is CCCC(CCO)CN=C(NCC)NCCOCC(C)C. The highest BCUT2D eigenvalue weighted by Crippen LogP contribution is 2.10. The smallest absolute Gasteiger partial charge is 0.191 e. The molecule has 0 heterocycles. The second kappa shape index (κ2) is 14.1. The highest BCUT2D eigenvalue weighted by atomic mass is 16.5. The Labute approximate surface area is 130 Å². The fourth-order valence-corrected chi connectivity index (χ4v) is 2.04. The first kappa shape index (κ1) is 20.2. The molecule has 0 spiro atoms. The Bertz CT molecular complexity index is 252. The summed E-state index contributed by atoms with van der Waals surface area (Å²) in [5.41, 5.74) is 0. The molecular weight excluding hydrogens is 266 g/mol. The zero-order chi connectivity index (χ0) is 15.9. The summed E-state index contributed by atoms with van der Waals surface area (Å²) in [5.74, 6) is 1.87. The lowest BCUT2D eigenvalue weighted by molar-refractivity contribution is 0.114. The summed E-state index contributed by atoms with van der Waals surface area (Å²) in [6.45, 7) is 12.6. The van der Waals surface area contributed by atoms with Crippen LogP contribution in [0.1, 0.15) is 47.0 Å². The quantitative estimate of drug-likeness (QED) is 0.293. The molecule has 0 bridgehead atoms. The molecule has 0 amide bonds. The van der Waals surface area contributed by atoms with Crippen LogP contribution in [-0.4, -0.2) is 50.5 Å². The Morgan fingerprint density at radius 3 is 2.52 bits per heavy atom. The van der Waals surface area contributed by atoms with Crippen LogP contribution in [0, 0.1) is 11.8 Å². The minimum Gasteiger partial charge on any atom is -0.396 e. The average molecular weight is 301 g/mol. The maximum Gasteiger partial charge on any atom is 0.191 e. The first-order valence-corrected chi connectivity index (χ1v) is 8.34. The van der Waals surface area contributed by atoms with Crippen molar-refractivity contribution < 1.29 is 9.84 Å². The van der Waals surface area contributed by atoms with Crippen LogP contribution in [0.3, 0.4) is 0 Å². The number of aliphatic hydroxyl groups is 1. The fraction of sp³-hybridized carbons (Fsp3) is 0.938. The van der Waals surface area contributed by atoms with E-state index >= 15 is 0 Å². The molecule has 0 aromatic rings. The Hall–Kier alpha value is -0.810. The van der Waals surface area contributed by atoms with Gasteiger partial charge < -0.3 is 20.5 Å². The normalized spacial score (nSPS) is 13.5. The van der Waals surface area contributed by atoms with Crippen molar-refractivity contribution in [2.75, 3.05) is 39.5 Å². The molecule has 21 heavy (non-hydrogen) atoms. The van der Waals surface area contributed by atoms with E-state index in [-0.39, 0.29) is 6.61 Å². The van der Waals surface area contributed by atoms with E-state index in [9.17, 15) is 0 Å². The van der Waals surface area contributed by atoms with E-state index in [1.807, 2.05) is 0 Å². The zero-order valence-electron chi connectivity index (χ0n) is 14.3. The molecule has 0 rings (SSSR count). The molecule has 0 aromatic carbocycles. The van der Waals surface area contributed by atoms with Crippen molar-refractivity contribution in [1.82, 2.24) is 10.6 Å². The van der Waals surface area contributed by atoms with Crippen LogP contribution < -0.4 is 10.6 Å².